The van der Waals surface area contributed by atoms with E-state index in [0.29, 0.717) is 12.2 Å². The fraction of sp³-hybridized carbons (Fsp3) is 0.571. The maximum absolute atomic E-state index is 11.8. The Labute approximate surface area is 146 Å². The van der Waals surface area contributed by atoms with Crippen LogP contribution in [-0.4, -0.2) is 18.0 Å². The normalized spacial score (nSPS) is 11.1. The summed E-state index contributed by atoms with van der Waals surface area (Å²) in [6, 6.07) is 5.36. The van der Waals surface area contributed by atoms with Crippen molar-refractivity contribution in [1.82, 2.24) is 0 Å². The Morgan fingerprint density at radius 3 is 2.54 bits per heavy atom. The predicted octanol–water partition coefficient (Wildman–Crippen LogP) is 5.60. The Bertz CT molecular complexity index is 506. The molecule has 1 N–H and O–H groups in total. The Morgan fingerprint density at radius 1 is 1.12 bits per heavy atom. The van der Waals surface area contributed by atoms with Crippen molar-refractivity contribution in [2.45, 2.75) is 71.1 Å². The molecule has 0 aromatic heterocycles. The number of carbonyl (C=O) groups is 1. The zero-order valence-electron chi connectivity index (χ0n) is 15.2. The van der Waals surface area contributed by atoms with Crippen molar-refractivity contribution in [1.29, 1.82) is 0 Å². The van der Waals surface area contributed by atoms with Gasteiger partial charge in [0.2, 0.25) is 0 Å². The van der Waals surface area contributed by atoms with Gasteiger partial charge in [0.15, 0.2) is 17.3 Å². The molecule has 0 unspecified atom stereocenters. The molecule has 3 heteroatoms. The molecule has 0 saturated heterocycles. The SMILES string of the molecule is CCCCCCCCCC(=O)/C=C/CCc1ccc(O)c(OC)c1. The van der Waals surface area contributed by atoms with Gasteiger partial charge in [-0.1, -0.05) is 57.6 Å². The molecule has 0 spiro atoms. The van der Waals surface area contributed by atoms with Crippen LogP contribution in [0.2, 0.25) is 0 Å². The minimum atomic E-state index is 0.154. The van der Waals surface area contributed by atoms with E-state index < -0.39 is 0 Å². The minimum Gasteiger partial charge on any atom is -0.504 e. The summed E-state index contributed by atoms with van der Waals surface area (Å²) >= 11 is 0. The lowest BCUT2D eigenvalue weighted by Crippen LogP contribution is -1.93. The van der Waals surface area contributed by atoms with E-state index in [-0.39, 0.29) is 11.5 Å². The van der Waals surface area contributed by atoms with E-state index in [1.54, 1.807) is 19.3 Å². The molecule has 3 nitrogen and oxygen atoms in total. The number of rotatable bonds is 13. The number of unbranched alkanes of at least 4 members (excludes halogenated alkanes) is 6. The first kappa shape index (κ1) is 20.3. The van der Waals surface area contributed by atoms with Gasteiger partial charge in [0.1, 0.15) is 0 Å². The van der Waals surface area contributed by atoms with Gasteiger partial charge < -0.3 is 9.84 Å². The number of ether oxygens (including phenoxy) is 1. The highest BCUT2D eigenvalue weighted by molar-refractivity contribution is 5.89. The second-order valence-electron chi connectivity index (χ2n) is 6.28. The third kappa shape index (κ3) is 8.76. The van der Waals surface area contributed by atoms with Crippen molar-refractivity contribution in [3.63, 3.8) is 0 Å². The predicted molar refractivity (Wildman–Crippen MR) is 99.7 cm³/mol. The van der Waals surface area contributed by atoms with Crippen molar-refractivity contribution in [2.75, 3.05) is 7.11 Å². The number of phenolic OH excluding ortho intramolecular Hbond substituents is 1. The number of hydrogen-bond donors (Lipinski definition) is 1. The van der Waals surface area contributed by atoms with Crippen molar-refractivity contribution in [2.24, 2.45) is 0 Å². The van der Waals surface area contributed by atoms with Crippen LogP contribution in [0.3, 0.4) is 0 Å². The minimum absolute atomic E-state index is 0.154. The molecule has 0 fully saturated rings. The highest BCUT2D eigenvalue weighted by Gasteiger charge is 2.02. The van der Waals surface area contributed by atoms with E-state index in [0.717, 1.165) is 31.2 Å². The van der Waals surface area contributed by atoms with Crippen LogP contribution in [0.5, 0.6) is 11.5 Å². The Balaban J connectivity index is 2.14. The number of allylic oxidation sites excluding steroid dienone is 2. The molecule has 0 aliphatic rings. The largest absolute Gasteiger partial charge is 0.504 e. The molecule has 1 aromatic rings. The second-order valence-corrected chi connectivity index (χ2v) is 6.28. The van der Waals surface area contributed by atoms with Gasteiger partial charge in [-0.3, -0.25) is 4.79 Å². The molecule has 1 aromatic carbocycles. The number of hydrogen-bond acceptors (Lipinski definition) is 3. The summed E-state index contributed by atoms with van der Waals surface area (Å²) in [5.74, 6) is 0.875. The molecule has 0 aliphatic heterocycles. The summed E-state index contributed by atoms with van der Waals surface area (Å²) in [5, 5.41) is 9.56. The van der Waals surface area contributed by atoms with E-state index in [2.05, 4.69) is 6.92 Å². The highest BCUT2D eigenvalue weighted by Crippen LogP contribution is 2.26. The molecule has 0 aliphatic carbocycles. The fourth-order valence-corrected chi connectivity index (χ4v) is 2.68. The number of phenols is 1. The van der Waals surface area contributed by atoms with Crippen molar-refractivity contribution in [3.05, 3.63) is 35.9 Å². The van der Waals surface area contributed by atoms with Gasteiger partial charge in [0, 0.05) is 6.42 Å². The monoisotopic (exact) mass is 332 g/mol. The maximum atomic E-state index is 11.8. The molecule has 0 heterocycles. The third-order valence-electron chi connectivity index (χ3n) is 4.17. The van der Waals surface area contributed by atoms with Crippen LogP contribution in [-0.2, 0) is 11.2 Å². The average Bonchev–Trinajstić information content (AvgIpc) is 2.59. The van der Waals surface area contributed by atoms with Crippen LogP contribution in [0.15, 0.2) is 30.4 Å². The van der Waals surface area contributed by atoms with Crippen molar-refractivity contribution in [3.8, 4) is 11.5 Å². The molecule has 0 amide bonds. The average molecular weight is 332 g/mol. The van der Waals surface area contributed by atoms with E-state index in [9.17, 15) is 9.90 Å². The highest BCUT2D eigenvalue weighted by atomic mass is 16.5. The molecule has 0 atom stereocenters. The van der Waals surface area contributed by atoms with Gasteiger partial charge in [-0.05, 0) is 43.0 Å². The molecule has 24 heavy (non-hydrogen) atoms. The summed E-state index contributed by atoms with van der Waals surface area (Å²) in [5.41, 5.74) is 1.09. The summed E-state index contributed by atoms with van der Waals surface area (Å²) in [6.07, 6.45) is 14.6. The van der Waals surface area contributed by atoms with Crippen molar-refractivity contribution >= 4 is 5.78 Å². The summed E-state index contributed by atoms with van der Waals surface area (Å²) in [6.45, 7) is 2.23. The van der Waals surface area contributed by atoms with Gasteiger partial charge in [-0.25, -0.2) is 0 Å². The van der Waals surface area contributed by atoms with Gasteiger partial charge in [-0.2, -0.15) is 0 Å². The Hall–Kier alpha value is -1.77. The quantitative estimate of drug-likeness (QED) is 0.378. The van der Waals surface area contributed by atoms with E-state index in [1.807, 2.05) is 18.2 Å². The third-order valence-corrected chi connectivity index (χ3v) is 4.17. The topological polar surface area (TPSA) is 46.5 Å². The van der Waals surface area contributed by atoms with Gasteiger partial charge in [0.25, 0.3) is 0 Å². The Kier molecular flexibility index (Phi) is 10.7. The molecule has 1 rings (SSSR count). The molecule has 0 saturated carbocycles. The van der Waals surface area contributed by atoms with Crippen LogP contribution in [0.1, 0.15) is 70.3 Å². The summed E-state index contributed by atoms with van der Waals surface area (Å²) in [4.78, 5) is 11.8. The Morgan fingerprint density at radius 2 is 1.83 bits per heavy atom. The van der Waals surface area contributed by atoms with E-state index in [1.165, 1.54) is 32.1 Å². The van der Waals surface area contributed by atoms with Crippen LogP contribution in [0, 0.1) is 0 Å². The molecular formula is C21H32O3. The number of carbonyl (C=O) groups excluding carboxylic acids is 1. The van der Waals surface area contributed by atoms with Crippen LogP contribution in [0.4, 0.5) is 0 Å². The number of methoxy groups -OCH3 is 1. The van der Waals surface area contributed by atoms with E-state index in [4.69, 9.17) is 4.74 Å². The number of ketones is 1. The smallest absolute Gasteiger partial charge is 0.160 e. The summed E-state index contributed by atoms with van der Waals surface area (Å²) in [7, 11) is 1.54. The maximum Gasteiger partial charge on any atom is 0.160 e. The zero-order valence-corrected chi connectivity index (χ0v) is 15.2. The molecular weight excluding hydrogens is 300 g/mol. The molecule has 0 bridgehead atoms. The number of aromatic hydroxyl groups is 1. The van der Waals surface area contributed by atoms with E-state index >= 15 is 0 Å². The second kappa shape index (κ2) is 12.6. The van der Waals surface area contributed by atoms with Gasteiger partial charge in [-0.15, -0.1) is 0 Å². The van der Waals surface area contributed by atoms with Crippen molar-refractivity contribution < 1.29 is 14.6 Å². The molecule has 0 radical (unpaired) electrons. The zero-order chi connectivity index (χ0) is 17.6. The number of benzene rings is 1. The lowest BCUT2D eigenvalue weighted by atomic mass is 10.1. The van der Waals surface area contributed by atoms with Crippen LogP contribution < -0.4 is 4.74 Å². The summed E-state index contributed by atoms with van der Waals surface area (Å²) < 4.78 is 5.09. The molecule has 134 valence electrons. The van der Waals surface area contributed by atoms with Gasteiger partial charge in [0.05, 0.1) is 7.11 Å². The van der Waals surface area contributed by atoms with Gasteiger partial charge >= 0.3 is 0 Å². The first-order chi connectivity index (χ1) is 11.7. The lowest BCUT2D eigenvalue weighted by Gasteiger charge is -2.05. The standard InChI is InChI=1S/C21H32O3/c1-3-4-5-6-7-8-9-13-19(22)14-11-10-12-18-15-16-20(23)21(17-18)24-2/h11,14-17,23H,3-10,12-13H2,1-2H3/b14-11+. The number of aryl methyl sites for hydroxylation is 1. The first-order valence-corrected chi connectivity index (χ1v) is 9.22. The first-order valence-electron chi connectivity index (χ1n) is 9.22. The lowest BCUT2D eigenvalue weighted by molar-refractivity contribution is -0.114. The van der Waals surface area contributed by atoms with Crippen LogP contribution >= 0.6 is 0 Å². The fourth-order valence-electron chi connectivity index (χ4n) is 2.68. The van der Waals surface area contributed by atoms with Crippen LogP contribution in [0.25, 0.3) is 0 Å².